The number of ether oxygens (including phenoxy) is 1. The van der Waals surface area contributed by atoms with Crippen LogP contribution < -0.4 is 0 Å². The Morgan fingerprint density at radius 2 is 2.07 bits per heavy atom. The molecule has 0 heterocycles. The van der Waals surface area contributed by atoms with Crippen molar-refractivity contribution in [3.63, 3.8) is 0 Å². The molecule has 1 atom stereocenters. The van der Waals surface area contributed by atoms with Gasteiger partial charge in [-0.1, -0.05) is 32.1 Å². The van der Waals surface area contributed by atoms with Crippen LogP contribution in [0, 0.1) is 5.92 Å². The maximum absolute atomic E-state index is 11.9. The summed E-state index contributed by atoms with van der Waals surface area (Å²) in [5, 5.41) is 0. The van der Waals surface area contributed by atoms with Gasteiger partial charge in [0.05, 0.1) is 6.10 Å². The monoisotopic (exact) mass is 206 g/mol. The minimum absolute atomic E-state index is 0.228. The third-order valence-electron chi connectivity index (χ3n) is 2.01. The molecule has 0 amide bonds. The predicted octanol–water partition coefficient (Wildman–Crippen LogP) is 3.43. The molecule has 0 saturated carbocycles. The van der Waals surface area contributed by atoms with Gasteiger partial charge in [-0.3, -0.25) is 4.74 Å². The molecule has 1 aliphatic carbocycles. The normalized spacial score (nSPS) is 22.7. The molecule has 0 aliphatic heterocycles. The molecule has 1 aliphatic rings. The van der Waals surface area contributed by atoms with E-state index in [0.29, 0.717) is 0 Å². The van der Waals surface area contributed by atoms with Crippen LogP contribution in [0.2, 0.25) is 0 Å². The molecule has 0 saturated heterocycles. The van der Waals surface area contributed by atoms with Gasteiger partial charge in [-0.25, -0.2) is 0 Å². The lowest BCUT2D eigenvalue weighted by Crippen LogP contribution is -2.23. The van der Waals surface area contributed by atoms with Crippen molar-refractivity contribution in [2.45, 2.75) is 32.7 Å². The number of allylic oxidation sites excluding steroid dienone is 2. The van der Waals surface area contributed by atoms with Crippen molar-refractivity contribution in [1.82, 2.24) is 0 Å². The molecule has 0 N–H and O–H groups in total. The van der Waals surface area contributed by atoms with Gasteiger partial charge >= 0.3 is 6.36 Å². The molecule has 0 fully saturated rings. The Morgan fingerprint density at radius 1 is 1.43 bits per heavy atom. The number of rotatable bonds is 2. The second kappa shape index (κ2) is 4.17. The van der Waals surface area contributed by atoms with Crippen molar-refractivity contribution in [1.29, 1.82) is 0 Å². The van der Waals surface area contributed by atoms with Gasteiger partial charge in [0.15, 0.2) is 0 Å². The third-order valence-corrected chi connectivity index (χ3v) is 2.01. The van der Waals surface area contributed by atoms with Gasteiger partial charge in [-0.2, -0.15) is 0 Å². The molecule has 4 heteroatoms. The largest absolute Gasteiger partial charge is 0.523 e. The Morgan fingerprint density at radius 3 is 2.57 bits per heavy atom. The van der Waals surface area contributed by atoms with E-state index < -0.39 is 12.5 Å². The van der Waals surface area contributed by atoms with E-state index in [2.05, 4.69) is 4.74 Å². The molecular weight excluding hydrogens is 193 g/mol. The van der Waals surface area contributed by atoms with Crippen LogP contribution >= 0.6 is 0 Å². The lowest BCUT2D eigenvalue weighted by atomic mass is 9.96. The van der Waals surface area contributed by atoms with E-state index in [1.807, 2.05) is 19.9 Å². The van der Waals surface area contributed by atoms with Crippen molar-refractivity contribution < 1.29 is 17.9 Å². The summed E-state index contributed by atoms with van der Waals surface area (Å²) < 4.78 is 39.6. The molecule has 0 aromatic carbocycles. The van der Waals surface area contributed by atoms with Gasteiger partial charge in [-0.15, -0.1) is 13.2 Å². The summed E-state index contributed by atoms with van der Waals surface area (Å²) in [7, 11) is 0. The summed E-state index contributed by atoms with van der Waals surface area (Å²) in [5.74, 6) is 0.228. The van der Waals surface area contributed by atoms with Crippen LogP contribution in [0.15, 0.2) is 23.8 Å². The van der Waals surface area contributed by atoms with E-state index in [1.165, 1.54) is 6.08 Å². The molecule has 0 radical (unpaired) electrons. The Labute approximate surface area is 81.2 Å². The summed E-state index contributed by atoms with van der Waals surface area (Å²) in [4.78, 5) is 0. The summed E-state index contributed by atoms with van der Waals surface area (Å²) in [6.45, 7) is 3.87. The first-order valence-electron chi connectivity index (χ1n) is 4.51. The van der Waals surface area contributed by atoms with Crippen molar-refractivity contribution in [3.8, 4) is 0 Å². The fourth-order valence-corrected chi connectivity index (χ4v) is 1.32. The lowest BCUT2D eigenvalue weighted by Gasteiger charge is -2.20. The van der Waals surface area contributed by atoms with Crippen LogP contribution in [0.5, 0.6) is 0 Å². The highest BCUT2D eigenvalue weighted by atomic mass is 19.4. The zero-order valence-corrected chi connectivity index (χ0v) is 8.14. The SMILES string of the molecule is CC(C)C1=CC(OC(F)(F)F)CC=C1. The molecule has 80 valence electrons. The standard InChI is InChI=1S/C10H13F3O/c1-7(2)8-4-3-5-9(6-8)14-10(11,12)13/h3-4,6-7,9H,5H2,1-2H3. The van der Waals surface area contributed by atoms with Crippen LogP contribution in [0.25, 0.3) is 0 Å². The summed E-state index contributed by atoms with van der Waals surface area (Å²) in [6.07, 6.45) is -0.0213. The number of halogens is 3. The minimum atomic E-state index is -4.55. The second-order valence-corrected chi connectivity index (χ2v) is 3.56. The number of alkyl halides is 3. The van der Waals surface area contributed by atoms with Crippen molar-refractivity contribution in [2.75, 3.05) is 0 Å². The summed E-state index contributed by atoms with van der Waals surface area (Å²) >= 11 is 0. The molecule has 0 aromatic heterocycles. The molecule has 1 nitrogen and oxygen atoms in total. The van der Waals surface area contributed by atoms with E-state index in [0.717, 1.165) is 5.57 Å². The maximum atomic E-state index is 11.9. The Bertz CT molecular complexity index is 251. The molecule has 1 rings (SSSR count). The quantitative estimate of drug-likeness (QED) is 0.672. The molecule has 1 unspecified atom stereocenters. The number of hydrogen-bond acceptors (Lipinski definition) is 1. The van der Waals surface area contributed by atoms with E-state index in [4.69, 9.17) is 0 Å². The average molecular weight is 206 g/mol. The highest BCUT2D eigenvalue weighted by molar-refractivity contribution is 5.26. The van der Waals surface area contributed by atoms with Crippen molar-refractivity contribution >= 4 is 0 Å². The first-order chi connectivity index (χ1) is 6.38. The van der Waals surface area contributed by atoms with Gasteiger partial charge in [0, 0.05) is 0 Å². The third kappa shape index (κ3) is 3.54. The second-order valence-electron chi connectivity index (χ2n) is 3.56. The fourth-order valence-electron chi connectivity index (χ4n) is 1.32. The van der Waals surface area contributed by atoms with Crippen molar-refractivity contribution in [2.24, 2.45) is 5.92 Å². The Hall–Kier alpha value is -0.770. The van der Waals surface area contributed by atoms with Crippen LogP contribution in [0.3, 0.4) is 0 Å². The zero-order valence-electron chi connectivity index (χ0n) is 8.14. The predicted molar refractivity (Wildman–Crippen MR) is 47.6 cm³/mol. The zero-order chi connectivity index (χ0) is 10.8. The molecule has 0 bridgehead atoms. The van der Waals surface area contributed by atoms with Crippen LogP contribution in [0.1, 0.15) is 20.3 Å². The average Bonchev–Trinajstić information content (AvgIpc) is 2.01. The summed E-state index contributed by atoms with van der Waals surface area (Å²) in [5.41, 5.74) is 0.894. The van der Waals surface area contributed by atoms with E-state index >= 15 is 0 Å². The Kier molecular flexibility index (Phi) is 3.37. The topological polar surface area (TPSA) is 9.23 Å². The van der Waals surface area contributed by atoms with Crippen LogP contribution in [-0.2, 0) is 4.74 Å². The van der Waals surface area contributed by atoms with E-state index in [9.17, 15) is 13.2 Å². The fraction of sp³-hybridized carbons (Fsp3) is 0.600. The Balaban J connectivity index is 2.62. The van der Waals surface area contributed by atoms with Crippen LogP contribution in [-0.4, -0.2) is 12.5 Å². The molecule has 14 heavy (non-hydrogen) atoms. The first kappa shape index (κ1) is 11.3. The van der Waals surface area contributed by atoms with Gasteiger partial charge in [0.1, 0.15) is 0 Å². The van der Waals surface area contributed by atoms with Gasteiger partial charge in [0.2, 0.25) is 0 Å². The van der Waals surface area contributed by atoms with E-state index in [-0.39, 0.29) is 12.3 Å². The first-order valence-corrected chi connectivity index (χ1v) is 4.51. The van der Waals surface area contributed by atoms with Gasteiger partial charge in [-0.05, 0) is 17.9 Å². The molecule has 0 aromatic rings. The highest BCUT2D eigenvalue weighted by Gasteiger charge is 2.33. The number of hydrogen-bond donors (Lipinski definition) is 0. The van der Waals surface area contributed by atoms with Gasteiger partial charge < -0.3 is 0 Å². The highest BCUT2D eigenvalue weighted by Crippen LogP contribution is 2.25. The minimum Gasteiger partial charge on any atom is -0.284 e. The van der Waals surface area contributed by atoms with Crippen LogP contribution in [0.4, 0.5) is 13.2 Å². The molecule has 0 spiro atoms. The summed E-state index contributed by atoms with van der Waals surface area (Å²) in [6, 6.07) is 0. The lowest BCUT2D eigenvalue weighted by molar-refractivity contribution is -0.336. The van der Waals surface area contributed by atoms with Crippen molar-refractivity contribution in [3.05, 3.63) is 23.8 Å². The maximum Gasteiger partial charge on any atom is 0.523 e. The smallest absolute Gasteiger partial charge is 0.284 e. The van der Waals surface area contributed by atoms with Gasteiger partial charge in [0.25, 0.3) is 0 Å². The molecular formula is C10H13F3O. The van der Waals surface area contributed by atoms with E-state index in [1.54, 1.807) is 6.08 Å².